The molecule has 1 aliphatic carbocycles. The topological polar surface area (TPSA) is 22.0 Å². The Kier molecular flexibility index (Phi) is 2.56. The number of ketones is 1. The molecule has 86 valence electrons. The first-order chi connectivity index (χ1) is 8.34. The molecule has 0 N–H and O–H groups in total. The third kappa shape index (κ3) is 1.91. The van der Waals surface area contributed by atoms with Crippen LogP contribution in [-0.2, 0) is 13.0 Å². The molecule has 0 bridgehead atoms. The Balaban J connectivity index is 1.94. The van der Waals surface area contributed by atoms with Gasteiger partial charge in [-0.25, -0.2) is 0 Å². The highest BCUT2D eigenvalue weighted by Gasteiger charge is 2.20. The lowest BCUT2D eigenvalue weighted by Crippen LogP contribution is -2.15. The molecular weight excluding hydrogens is 210 g/mol. The number of fused-ring (bicyclic) bond motifs is 1. The van der Waals surface area contributed by atoms with Gasteiger partial charge in [-0.3, -0.25) is 4.79 Å². The zero-order valence-corrected chi connectivity index (χ0v) is 9.73. The Hall–Kier alpha value is -1.83. The van der Waals surface area contributed by atoms with E-state index in [0.717, 1.165) is 25.1 Å². The normalized spacial score (nSPS) is 14.7. The number of aryl methyl sites for hydroxylation is 1. The largest absolute Gasteiger partial charge is 0.340 e. The number of Topliss-reactive ketones (excluding diaryl/α,β-unsaturated/α-hetero) is 1. The molecule has 2 nitrogen and oxygen atoms in total. The first-order valence-electron chi connectivity index (χ1n) is 6.10. The van der Waals surface area contributed by atoms with Gasteiger partial charge in [-0.2, -0.15) is 0 Å². The zero-order valence-electron chi connectivity index (χ0n) is 9.73. The number of carbonyl (C=O) groups excluding carboxylic acids is 1. The van der Waals surface area contributed by atoms with Gasteiger partial charge in [0.25, 0.3) is 0 Å². The van der Waals surface area contributed by atoms with E-state index in [1.165, 1.54) is 11.1 Å². The minimum atomic E-state index is 0.298. The fourth-order valence-corrected chi connectivity index (χ4v) is 2.53. The second kappa shape index (κ2) is 4.21. The smallest absolute Gasteiger partial charge is 0.179 e. The Bertz CT molecular complexity index is 539. The van der Waals surface area contributed by atoms with Gasteiger partial charge in [0.1, 0.15) is 0 Å². The highest BCUT2D eigenvalue weighted by molar-refractivity contribution is 5.97. The van der Waals surface area contributed by atoms with Gasteiger partial charge < -0.3 is 4.57 Å². The summed E-state index contributed by atoms with van der Waals surface area (Å²) in [5.41, 5.74) is 3.39. The molecule has 0 saturated carbocycles. The van der Waals surface area contributed by atoms with Crippen molar-refractivity contribution in [2.24, 2.45) is 0 Å². The molecule has 2 heteroatoms. The van der Waals surface area contributed by atoms with E-state index in [1.54, 1.807) is 0 Å². The molecule has 0 amide bonds. The average Bonchev–Trinajstić information content (AvgIpc) is 2.75. The van der Waals surface area contributed by atoms with Crippen LogP contribution in [0.3, 0.4) is 0 Å². The van der Waals surface area contributed by atoms with E-state index in [-0.39, 0.29) is 0 Å². The minimum absolute atomic E-state index is 0.298. The van der Waals surface area contributed by atoms with Crippen molar-refractivity contribution in [3.8, 4) is 0 Å². The monoisotopic (exact) mass is 225 g/mol. The summed E-state index contributed by atoms with van der Waals surface area (Å²) < 4.78 is 2.09. The summed E-state index contributed by atoms with van der Waals surface area (Å²) in [5.74, 6) is 0.298. The number of hydrogen-bond acceptors (Lipinski definition) is 1. The van der Waals surface area contributed by atoms with Gasteiger partial charge in [-0.15, -0.1) is 0 Å². The van der Waals surface area contributed by atoms with Gasteiger partial charge in [-0.1, -0.05) is 30.3 Å². The van der Waals surface area contributed by atoms with Crippen LogP contribution in [0.25, 0.3) is 0 Å². The van der Waals surface area contributed by atoms with Crippen LogP contribution in [-0.4, -0.2) is 10.4 Å². The highest BCUT2D eigenvalue weighted by atomic mass is 16.1. The van der Waals surface area contributed by atoms with Crippen LogP contribution < -0.4 is 0 Å². The first kappa shape index (κ1) is 10.3. The summed E-state index contributed by atoms with van der Waals surface area (Å²) >= 11 is 0. The molecule has 0 spiro atoms. The second-order valence-corrected chi connectivity index (χ2v) is 4.58. The van der Waals surface area contributed by atoms with Crippen molar-refractivity contribution in [1.29, 1.82) is 0 Å². The first-order valence-corrected chi connectivity index (χ1v) is 6.10. The van der Waals surface area contributed by atoms with Crippen LogP contribution in [0.1, 0.15) is 34.5 Å². The predicted octanol–water partition coefficient (Wildman–Crippen LogP) is 3.06. The van der Waals surface area contributed by atoms with Crippen LogP contribution in [0.5, 0.6) is 0 Å². The molecule has 0 unspecified atom stereocenters. The van der Waals surface area contributed by atoms with Gasteiger partial charge in [-0.05, 0) is 30.0 Å². The van der Waals surface area contributed by atoms with E-state index in [1.807, 2.05) is 24.4 Å². The molecule has 0 saturated heterocycles. The lowest BCUT2D eigenvalue weighted by Gasteiger charge is -2.14. The maximum absolute atomic E-state index is 11.9. The lowest BCUT2D eigenvalue weighted by molar-refractivity contribution is 0.0963. The summed E-state index contributed by atoms with van der Waals surface area (Å²) in [6, 6.07) is 12.4. The van der Waals surface area contributed by atoms with Gasteiger partial charge in [0.2, 0.25) is 0 Å². The van der Waals surface area contributed by atoms with Crippen LogP contribution in [0.15, 0.2) is 42.6 Å². The summed E-state index contributed by atoms with van der Waals surface area (Å²) in [6.07, 6.45) is 4.79. The van der Waals surface area contributed by atoms with Crippen molar-refractivity contribution < 1.29 is 4.79 Å². The van der Waals surface area contributed by atoms with Crippen LogP contribution in [0.4, 0.5) is 0 Å². The predicted molar refractivity (Wildman–Crippen MR) is 67.2 cm³/mol. The van der Waals surface area contributed by atoms with Gasteiger partial charge >= 0.3 is 0 Å². The summed E-state index contributed by atoms with van der Waals surface area (Å²) in [7, 11) is 0. The van der Waals surface area contributed by atoms with E-state index in [2.05, 4.69) is 22.8 Å². The Labute approximate surface area is 101 Å². The minimum Gasteiger partial charge on any atom is -0.340 e. The van der Waals surface area contributed by atoms with Crippen LogP contribution in [0, 0.1) is 0 Å². The van der Waals surface area contributed by atoms with Gasteiger partial charge in [0, 0.05) is 19.2 Å². The van der Waals surface area contributed by atoms with Gasteiger partial charge in [0.15, 0.2) is 5.78 Å². The van der Waals surface area contributed by atoms with Crippen molar-refractivity contribution in [3.05, 3.63) is 59.4 Å². The summed E-state index contributed by atoms with van der Waals surface area (Å²) in [4.78, 5) is 11.9. The lowest BCUT2D eigenvalue weighted by atomic mass is 9.97. The molecule has 3 rings (SSSR count). The molecule has 2 aromatic rings. The van der Waals surface area contributed by atoms with Gasteiger partial charge in [0.05, 0.1) is 5.69 Å². The molecule has 1 aromatic heterocycles. The Morgan fingerprint density at radius 2 is 1.88 bits per heavy atom. The number of benzene rings is 1. The van der Waals surface area contributed by atoms with Crippen molar-refractivity contribution >= 4 is 5.78 Å². The van der Waals surface area contributed by atoms with Crippen LogP contribution >= 0.6 is 0 Å². The van der Waals surface area contributed by atoms with Crippen molar-refractivity contribution in [2.45, 2.75) is 25.8 Å². The third-order valence-corrected chi connectivity index (χ3v) is 3.36. The number of nitrogens with zero attached hydrogens (tertiary/aromatic N) is 1. The maximum atomic E-state index is 11.9. The summed E-state index contributed by atoms with van der Waals surface area (Å²) in [5, 5.41) is 0. The average molecular weight is 225 g/mol. The van der Waals surface area contributed by atoms with E-state index >= 15 is 0 Å². The molecule has 0 aliphatic heterocycles. The number of aromatic nitrogens is 1. The molecule has 0 fully saturated rings. The Morgan fingerprint density at radius 3 is 2.71 bits per heavy atom. The third-order valence-electron chi connectivity index (χ3n) is 3.36. The SMILES string of the molecule is O=C1CCCc2ccn(Cc3ccccc3)c21. The Morgan fingerprint density at radius 1 is 1.06 bits per heavy atom. The molecular formula is C15H15NO. The van der Waals surface area contributed by atoms with E-state index in [0.29, 0.717) is 12.2 Å². The number of hydrogen-bond donors (Lipinski definition) is 0. The van der Waals surface area contributed by atoms with E-state index in [4.69, 9.17) is 0 Å². The zero-order chi connectivity index (χ0) is 11.7. The van der Waals surface area contributed by atoms with Crippen molar-refractivity contribution in [3.63, 3.8) is 0 Å². The van der Waals surface area contributed by atoms with E-state index in [9.17, 15) is 4.79 Å². The maximum Gasteiger partial charge on any atom is 0.179 e. The van der Waals surface area contributed by atoms with Crippen LogP contribution in [0.2, 0.25) is 0 Å². The molecule has 1 heterocycles. The highest BCUT2D eigenvalue weighted by Crippen LogP contribution is 2.23. The van der Waals surface area contributed by atoms with Crippen molar-refractivity contribution in [2.75, 3.05) is 0 Å². The molecule has 1 aliphatic rings. The number of carbonyl (C=O) groups is 1. The molecule has 0 radical (unpaired) electrons. The van der Waals surface area contributed by atoms with Crippen molar-refractivity contribution in [1.82, 2.24) is 4.57 Å². The summed E-state index contributed by atoms with van der Waals surface area (Å²) in [6.45, 7) is 0.794. The standard InChI is InChI=1S/C15H15NO/c17-14-8-4-7-13-9-10-16(15(13)14)11-12-5-2-1-3-6-12/h1-3,5-6,9-10H,4,7-8,11H2. The molecule has 17 heavy (non-hydrogen) atoms. The molecule has 1 aromatic carbocycles. The fraction of sp³-hybridized carbons (Fsp3) is 0.267. The fourth-order valence-electron chi connectivity index (χ4n) is 2.53. The van der Waals surface area contributed by atoms with E-state index < -0.39 is 0 Å². The number of rotatable bonds is 2. The second-order valence-electron chi connectivity index (χ2n) is 4.58. The molecule has 0 atom stereocenters. The quantitative estimate of drug-likeness (QED) is 0.770.